The summed E-state index contributed by atoms with van der Waals surface area (Å²) in [5.74, 6) is -3.92. The van der Waals surface area contributed by atoms with Crippen LogP contribution in [-0.4, -0.2) is 89.7 Å². The zero-order chi connectivity index (χ0) is 32.4. The summed E-state index contributed by atoms with van der Waals surface area (Å²) >= 11 is 0. The molecule has 4 saturated carbocycles. The average molecular weight is 657 g/mol. The van der Waals surface area contributed by atoms with Crippen LogP contribution in [0.4, 0.5) is 0 Å². The van der Waals surface area contributed by atoms with Crippen LogP contribution in [0.5, 0.6) is 0 Å². The minimum Gasteiger partial charge on any atom is -0.393 e. The average Bonchev–Trinajstić information content (AvgIpc) is 3.61. The minimum absolute atomic E-state index is 0.0612. The molecule has 47 heavy (non-hydrogen) atoms. The Morgan fingerprint density at radius 3 is 0.957 bits per heavy atom. The van der Waals surface area contributed by atoms with E-state index in [1.54, 1.807) is 0 Å². The molecule has 10 fully saturated rings. The molecule has 256 valence electrons. The van der Waals surface area contributed by atoms with E-state index in [0.717, 1.165) is 12.8 Å². The second-order valence-corrected chi connectivity index (χ2v) is 17.2. The van der Waals surface area contributed by atoms with Gasteiger partial charge in [-0.1, -0.05) is 0 Å². The van der Waals surface area contributed by atoms with Crippen molar-refractivity contribution in [3.63, 3.8) is 0 Å². The molecule has 6 aliphatic heterocycles. The second-order valence-electron chi connectivity index (χ2n) is 17.2. The zero-order valence-electron chi connectivity index (χ0n) is 27.3. The number of carbonyl (C=O) groups is 4. The first-order valence-corrected chi connectivity index (χ1v) is 17.8. The van der Waals surface area contributed by atoms with Crippen LogP contribution in [0.15, 0.2) is 0 Å². The van der Waals surface area contributed by atoms with Gasteiger partial charge in [0.25, 0.3) is 0 Å². The third kappa shape index (κ3) is 4.08. The summed E-state index contributed by atoms with van der Waals surface area (Å²) in [5.41, 5.74) is -0.945. The summed E-state index contributed by atoms with van der Waals surface area (Å²) in [7, 11) is 0. The molecule has 0 bridgehead atoms. The molecule has 12 nitrogen and oxygen atoms in total. The molecule has 0 radical (unpaired) electrons. The van der Waals surface area contributed by atoms with E-state index in [1.807, 2.05) is 0 Å². The van der Waals surface area contributed by atoms with Gasteiger partial charge in [-0.2, -0.15) is 0 Å². The highest BCUT2D eigenvalue weighted by atomic mass is 16.7. The van der Waals surface area contributed by atoms with Gasteiger partial charge < -0.3 is 37.9 Å². The fraction of sp³-hybridized carbons (Fsp3) is 0.886. The minimum atomic E-state index is -0.836. The van der Waals surface area contributed by atoms with E-state index in [0.29, 0.717) is 38.5 Å². The molecule has 6 saturated heterocycles. The van der Waals surface area contributed by atoms with Crippen LogP contribution >= 0.6 is 0 Å². The third-order valence-corrected chi connectivity index (χ3v) is 14.2. The number of fused-ring (bicyclic) bond motifs is 10. The van der Waals surface area contributed by atoms with Crippen molar-refractivity contribution in [2.75, 3.05) is 0 Å². The van der Waals surface area contributed by atoms with E-state index in [1.165, 1.54) is 0 Å². The van der Waals surface area contributed by atoms with E-state index in [9.17, 15) is 19.2 Å². The van der Waals surface area contributed by atoms with E-state index >= 15 is 0 Å². The van der Waals surface area contributed by atoms with Crippen LogP contribution in [-0.2, 0) is 57.1 Å². The SMILES string of the molecule is CC1(C)OC2(OC(C)(C)C3CC4OC5CC6C(=O)OC(=O)C6CC5OC4CC32)C2CC3OC4CC5C(=O)OC(=O)C5CC4OC3CC21. The van der Waals surface area contributed by atoms with Crippen molar-refractivity contribution in [1.82, 2.24) is 0 Å². The van der Waals surface area contributed by atoms with Crippen molar-refractivity contribution in [1.29, 1.82) is 0 Å². The van der Waals surface area contributed by atoms with Gasteiger partial charge in [-0.05, 0) is 90.9 Å². The summed E-state index contributed by atoms with van der Waals surface area (Å²) in [5, 5.41) is 0. The molecule has 16 atom stereocenters. The molecule has 6 heterocycles. The van der Waals surface area contributed by atoms with Crippen LogP contribution in [0.25, 0.3) is 0 Å². The van der Waals surface area contributed by atoms with Crippen LogP contribution in [0.1, 0.15) is 79.1 Å². The predicted molar refractivity (Wildman–Crippen MR) is 155 cm³/mol. The van der Waals surface area contributed by atoms with Crippen molar-refractivity contribution >= 4 is 23.9 Å². The Morgan fingerprint density at radius 2 is 0.660 bits per heavy atom. The molecular weight excluding hydrogens is 612 g/mol. The van der Waals surface area contributed by atoms with E-state index in [-0.39, 0.29) is 72.5 Å². The van der Waals surface area contributed by atoms with Gasteiger partial charge in [0, 0.05) is 11.8 Å². The first kappa shape index (κ1) is 29.9. The molecule has 0 N–H and O–H groups in total. The maximum atomic E-state index is 12.4. The van der Waals surface area contributed by atoms with Crippen LogP contribution < -0.4 is 0 Å². The van der Waals surface area contributed by atoms with Gasteiger partial charge in [0.1, 0.15) is 0 Å². The summed E-state index contributed by atoms with van der Waals surface area (Å²) in [6.45, 7) is 8.66. The Bertz CT molecular complexity index is 1330. The first-order chi connectivity index (χ1) is 22.3. The fourth-order valence-electron chi connectivity index (χ4n) is 12.1. The van der Waals surface area contributed by atoms with Gasteiger partial charge in [-0.3, -0.25) is 19.2 Å². The van der Waals surface area contributed by atoms with Gasteiger partial charge in [0.15, 0.2) is 5.79 Å². The Kier molecular flexibility index (Phi) is 6.13. The zero-order valence-corrected chi connectivity index (χ0v) is 27.3. The number of carbonyl (C=O) groups excluding carboxylic acids is 4. The summed E-state index contributed by atoms with van der Waals surface area (Å²) in [4.78, 5) is 49.4. The number of hydrogen-bond acceptors (Lipinski definition) is 12. The van der Waals surface area contributed by atoms with Gasteiger partial charge in [0.2, 0.25) is 0 Å². The molecule has 0 amide bonds. The van der Waals surface area contributed by atoms with Crippen molar-refractivity contribution in [2.45, 2.75) is 145 Å². The molecule has 4 aliphatic carbocycles. The molecular formula is C35H44O12. The predicted octanol–water partition coefficient (Wildman–Crippen LogP) is 2.61. The monoisotopic (exact) mass is 656 g/mol. The van der Waals surface area contributed by atoms with Crippen LogP contribution in [0.3, 0.4) is 0 Å². The first-order valence-electron chi connectivity index (χ1n) is 17.8. The van der Waals surface area contributed by atoms with Crippen molar-refractivity contribution < 1.29 is 57.1 Å². The smallest absolute Gasteiger partial charge is 0.317 e. The standard InChI is InChI=1S/C35H44O12/c1-33(2)17-9-25-27(42-23-7-15-13(5-21(23)40-25)29(36)44-31(15)38)11-19(17)35(46-33)20-12-28-26(10-18(20)34(3,4)47-35)41-22-6-14-16(8-24(22)43-28)32(39)45-30(14)37/h13-28H,5-12H2,1-4H3. The molecule has 10 rings (SSSR count). The normalized spacial score (nSPS) is 56.3. The van der Waals surface area contributed by atoms with Crippen molar-refractivity contribution in [2.24, 2.45) is 47.3 Å². The lowest BCUT2D eigenvalue weighted by Crippen LogP contribution is -2.60. The molecule has 1 spiro atoms. The number of ether oxygens (including phenoxy) is 8. The fourth-order valence-corrected chi connectivity index (χ4v) is 12.1. The molecule has 12 heteroatoms. The van der Waals surface area contributed by atoms with Gasteiger partial charge in [0.05, 0.1) is 83.7 Å². The van der Waals surface area contributed by atoms with E-state index < -0.39 is 64.5 Å². The maximum absolute atomic E-state index is 12.4. The molecule has 10 aliphatic rings. The highest BCUT2D eigenvalue weighted by Gasteiger charge is 2.74. The number of hydrogen-bond donors (Lipinski definition) is 0. The Hall–Kier alpha value is -1.96. The number of cyclic esters (lactones) is 4. The third-order valence-electron chi connectivity index (χ3n) is 14.2. The summed E-state index contributed by atoms with van der Waals surface area (Å²) < 4.78 is 51.4. The molecule has 0 aromatic heterocycles. The Balaban J connectivity index is 0.914. The van der Waals surface area contributed by atoms with E-state index in [2.05, 4.69) is 27.7 Å². The van der Waals surface area contributed by atoms with Crippen LogP contribution in [0, 0.1) is 47.3 Å². The lowest BCUT2D eigenvalue weighted by molar-refractivity contribution is -0.300. The summed E-state index contributed by atoms with van der Waals surface area (Å²) in [6.07, 6.45) is 3.16. The summed E-state index contributed by atoms with van der Waals surface area (Å²) in [6, 6.07) is 0. The maximum Gasteiger partial charge on any atom is 0.317 e. The lowest BCUT2D eigenvalue weighted by Gasteiger charge is -2.52. The Labute approximate surface area is 273 Å². The van der Waals surface area contributed by atoms with Gasteiger partial charge >= 0.3 is 23.9 Å². The lowest BCUT2D eigenvalue weighted by atomic mass is 9.62. The second kappa shape index (κ2) is 9.63. The highest BCUT2D eigenvalue weighted by Crippen LogP contribution is 2.67. The number of esters is 4. The Morgan fingerprint density at radius 1 is 0.404 bits per heavy atom. The number of rotatable bonds is 0. The van der Waals surface area contributed by atoms with Crippen LogP contribution in [0.2, 0.25) is 0 Å². The molecule has 0 aromatic carbocycles. The largest absolute Gasteiger partial charge is 0.393 e. The van der Waals surface area contributed by atoms with Gasteiger partial charge in [-0.15, -0.1) is 0 Å². The molecule has 16 unspecified atom stereocenters. The quantitative estimate of drug-likeness (QED) is 0.280. The van der Waals surface area contributed by atoms with Gasteiger partial charge in [-0.25, -0.2) is 0 Å². The highest BCUT2D eigenvalue weighted by molar-refractivity contribution is 5.97. The van der Waals surface area contributed by atoms with Crippen molar-refractivity contribution in [3.8, 4) is 0 Å². The topological polar surface area (TPSA) is 142 Å². The molecule has 0 aromatic rings. The van der Waals surface area contributed by atoms with E-state index in [4.69, 9.17) is 37.9 Å². The van der Waals surface area contributed by atoms with Crippen molar-refractivity contribution in [3.05, 3.63) is 0 Å².